The van der Waals surface area contributed by atoms with Gasteiger partial charge in [-0.25, -0.2) is 9.78 Å². The van der Waals surface area contributed by atoms with Crippen molar-refractivity contribution in [2.24, 2.45) is 5.92 Å². The molecule has 1 aliphatic rings. The minimum atomic E-state index is -1.08. The monoisotopic (exact) mass is 472 g/mol. The first-order valence-corrected chi connectivity index (χ1v) is 11.4. The van der Waals surface area contributed by atoms with Crippen molar-refractivity contribution >= 4 is 11.9 Å². The second-order valence-electron chi connectivity index (χ2n) is 8.20. The van der Waals surface area contributed by atoms with Crippen molar-refractivity contribution in [3.05, 3.63) is 53.9 Å². The van der Waals surface area contributed by atoms with Gasteiger partial charge in [-0.05, 0) is 25.3 Å². The highest BCUT2D eigenvalue weighted by molar-refractivity contribution is 5.98. The van der Waals surface area contributed by atoms with Gasteiger partial charge in [-0.15, -0.1) is 0 Å². The molecule has 34 heavy (non-hydrogen) atoms. The predicted molar refractivity (Wildman–Crippen MR) is 124 cm³/mol. The number of carbonyl (C=O) groups excluding carboxylic acids is 2. The van der Waals surface area contributed by atoms with Crippen molar-refractivity contribution in [3.63, 3.8) is 0 Å². The van der Waals surface area contributed by atoms with E-state index in [0.29, 0.717) is 19.6 Å². The summed E-state index contributed by atoms with van der Waals surface area (Å²) in [6.07, 6.45) is 1.92. The summed E-state index contributed by atoms with van der Waals surface area (Å²) >= 11 is 0. The van der Waals surface area contributed by atoms with Crippen molar-refractivity contribution in [2.45, 2.75) is 44.9 Å². The number of nitrogens with one attached hydrogen (secondary N) is 1. The van der Waals surface area contributed by atoms with Gasteiger partial charge >= 0.3 is 5.97 Å². The van der Waals surface area contributed by atoms with Crippen molar-refractivity contribution < 1.29 is 33.6 Å². The van der Waals surface area contributed by atoms with Gasteiger partial charge in [0.05, 0.1) is 26.4 Å². The fraction of sp³-hybridized carbons (Fsp3) is 0.480. The van der Waals surface area contributed by atoms with Crippen LogP contribution in [0.4, 0.5) is 0 Å². The van der Waals surface area contributed by atoms with E-state index in [1.54, 1.807) is 6.92 Å². The summed E-state index contributed by atoms with van der Waals surface area (Å²) in [5, 5.41) is 12.8. The van der Waals surface area contributed by atoms with E-state index in [0.717, 1.165) is 12.0 Å². The molecular weight excluding hydrogens is 440 g/mol. The summed E-state index contributed by atoms with van der Waals surface area (Å²) in [6.45, 7) is 4.56. The summed E-state index contributed by atoms with van der Waals surface area (Å²) < 4.78 is 22.7. The molecule has 0 bridgehead atoms. The van der Waals surface area contributed by atoms with Crippen LogP contribution in [0.25, 0.3) is 0 Å². The second kappa shape index (κ2) is 12.3. The Morgan fingerprint density at radius 2 is 2.00 bits per heavy atom. The van der Waals surface area contributed by atoms with Crippen molar-refractivity contribution in [1.82, 2.24) is 10.3 Å². The Kier molecular flexibility index (Phi) is 9.24. The maximum Gasteiger partial charge on any atom is 0.331 e. The molecule has 1 amide bonds. The molecule has 0 spiro atoms. The number of hydrogen-bond acceptors (Lipinski definition) is 8. The normalized spacial score (nSPS) is 23.2. The molecule has 0 radical (unpaired) electrons. The first kappa shape index (κ1) is 25.5. The Hall–Kier alpha value is -3.17. The zero-order valence-electron chi connectivity index (χ0n) is 19.7. The molecule has 1 aromatic heterocycles. The van der Waals surface area contributed by atoms with Gasteiger partial charge in [-0.3, -0.25) is 4.79 Å². The highest BCUT2D eigenvalue weighted by atomic mass is 16.6. The minimum absolute atomic E-state index is 0.0599. The van der Waals surface area contributed by atoms with Crippen molar-refractivity contribution in [3.8, 4) is 11.5 Å². The zero-order chi connectivity index (χ0) is 24.5. The van der Waals surface area contributed by atoms with Crippen LogP contribution in [0.5, 0.6) is 11.5 Å². The van der Waals surface area contributed by atoms with Crippen LogP contribution in [-0.2, 0) is 25.4 Å². The Morgan fingerprint density at radius 3 is 2.71 bits per heavy atom. The van der Waals surface area contributed by atoms with Crippen molar-refractivity contribution in [2.75, 3.05) is 26.9 Å². The maximum absolute atomic E-state index is 12.9. The largest absolute Gasteiger partial charge is 0.503 e. The maximum atomic E-state index is 12.9. The quantitative estimate of drug-likeness (QED) is 0.563. The first-order chi connectivity index (χ1) is 16.4. The van der Waals surface area contributed by atoms with Gasteiger partial charge in [0.1, 0.15) is 6.10 Å². The molecule has 3 rings (SSSR count). The molecule has 1 fully saturated rings. The first-order valence-electron chi connectivity index (χ1n) is 11.4. The van der Waals surface area contributed by atoms with E-state index in [1.165, 1.54) is 19.4 Å². The highest BCUT2D eigenvalue weighted by Gasteiger charge is 2.36. The molecule has 9 nitrogen and oxygen atoms in total. The van der Waals surface area contributed by atoms with Gasteiger partial charge in [0.25, 0.3) is 5.91 Å². The second-order valence-corrected chi connectivity index (χ2v) is 8.20. The van der Waals surface area contributed by atoms with E-state index >= 15 is 0 Å². The average molecular weight is 473 g/mol. The highest BCUT2D eigenvalue weighted by Crippen LogP contribution is 2.28. The zero-order valence-corrected chi connectivity index (χ0v) is 19.7. The van der Waals surface area contributed by atoms with Crippen molar-refractivity contribution in [1.29, 1.82) is 0 Å². The Bertz CT molecular complexity index is 954. The summed E-state index contributed by atoms with van der Waals surface area (Å²) in [4.78, 5) is 29.6. The summed E-state index contributed by atoms with van der Waals surface area (Å²) in [5.41, 5.74) is 0.870. The predicted octanol–water partition coefficient (Wildman–Crippen LogP) is 2.51. The topological polar surface area (TPSA) is 116 Å². The number of hydrogen-bond donors (Lipinski definition) is 2. The number of methoxy groups -OCH3 is 1. The van der Waals surface area contributed by atoms with E-state index in [1.807, 2.05) is 37.3 Å². The lowest BCUT2D eigenvalue weighted by atomic mass is 9.91. The number of esters is 1. The number of pyridine rings is 1. The third kappa shape index (κ3) is 6.45. The van der Waals surface area contributed by atoms with E-state index in [4.69, 9.17) is 18.9 Å². The number of nitrogens with zero attached hydrogens (tertiary/aromatic N) is 1. The molecule has 9 heteroatoms. The summed E-state index contributed by atoms with van der Waals surface area (Å²) in [5.74, 6) is -1.76. The van der Waals surface area contributed by atoms with Crippen LogP contribution < -0.4 is 10.1 Å². The molecule has 2 aromatic rings. The minimum Gasteiger partial charge on any atom is -0.503 e. The van der Waals surface area contributed by atoms with Gasteiger partial charge < -0.3 is 29.4 Å². The van der Waals surface area contributed by atoms with E-state index in [2.05, 4.69) is 10.3 Å². The van der Waals surface area contributed by atoms with Crippen LogP contribution in [0, 0.1) is 5.92 Å². The molecule has 1 aliphatic heterocycles. The molecule has 184 valence electrons. The molecular formula is C25H32N2O7. The molecule has 0 aliphatic carbocycles. The lowest BCUT2D eigenvalue weighted by molar-refractivity contribution is -0.160. The third-order valence-electron chi connectivity index (χ3n) is 5.61. The molecule has 1 aromatic carbocycles. The molecule has 4 unspecified atom stereocenters. The smallest absolute Gasteiger partial charge is 0.331 e. The fourth-order valence-electron chi connectivity index (χ4n) is 3.93. The Labute approximate surface area is 199 Å². The molecule has 1 saturated heterocycles. The van der Waals surface area contributed by atoms with Crippen LogP contribution >= 0.6 is 0 Å². The molecule has 0 saturated carbocycles. The lowest BCUT2D eigenvalue weighted by Crippen LogP contribution is -2.46. The van der Waals surface area contributed by atoms with E-state index < -0.39 is 29.8 Å². The van der Waals surface area contributed by atoms with Crippen LogP contribution in [0.1, 0.15) is 36.3 Å². The molecule has 2 heterocycles. The van der Waals surface area contributed by atoms with Gasteiger partial charge in [-0.2, -0.15) is 0 Å². The van der Waals surface area contributed by atoms with Gasteiger partial charge in [-0.1, -0.05) is 37.3 Å². The Balaban J connectivity index is 1.76. The average Bonchev–Trinajstić information content (AvgIpc) is 2.88. The number of amides is 1. The molecule has 2 N–H and O–H groups in total. The van der Waals surface area contributed by atoms with Gasteiger partial charge in [0.15, 0.2) is 23.2 Å². The summed E-state index contributed by atoms with van der Waals surface area (Å²) in [7, 11) is 1.37. The number of cyclic esters (lactones) is 1. The van der Waals surface area contributed by atoms with Gasteiger partial charge in [0, 0.05) is 24.8 Å². The van der Waals surface area contributed by atoms with Crippen LogP contribution in [-0.4, -0.2) is 67.1 Å². The Morgan fingerprint density at radius 1 is 1.24 bits per heavy atom. The number of aromatic nitrogens is 1. The lowest BCUT2D eigenvalue weighted by Gasteiger charge is -2.30. The number of ether oxygens (including phenoxy) is 4. The van der Waals surface area contributed by atoms with Crippen LogP contribution in [0.3, 0.4) is 0 Å². The van der Waals surface area contributed by atoms with E-state index in [9.17, 15) is 14.7 Å². The number of benzene rings is 1. The number of aromatic hydroxyl groups is 1. The van der Waals surface area contributed by atoms with E-state index in [-0.39, 0.29) is 30.1 Å². The van der Waals surface area contributed by atoms with Crippen LogP contribution in [0.15, 0.2) is 42.6 Å². The van der Waals surface area contributed by atoms with Crippen LogP contribution in [0.2, 0.25) is 0 Å². The van der Waals surface area contributed by atoms with Gasteiger partial charge in [0.2, 0.25) is 0 Å². The number of rotatable bonds is 8. The fourth-order valence-corrected chi connectivity index (χ4v) is 3.93. The standard InChI is InChI=1S/C25H32N2O7/c1-4-12-33-23-16(2)34-25(30)19(15-32-14-18(23)13-17-8-6-5-7-9-17)27-24(29)21-22(28)20(31-3)10-11-26-21/h5-11,16,18-19,23,28H,4,12-15H2,1-3H3,(H,27,29). The SMILES string of the molecule is CCCOC1C(Cc2ccccc2)COCC(NC(=O)c2nccc(OC)c2O)C(=O)OC1C. The molecule has 4 atom stereocenters. The summed E-state index contributed by atoms with van der Waals surface area (Å²) in [6, 6.07) is 10.3. The number of carbonyl (C=O) groups is 2. The third-order valence-corrected chi connectivity index (χ3v) is 5.61.